The molecule has 0 radical (unpaired) electrons. The number of aromatic amines is 1. The van der Waals surface area contributed by atoms with Gasteiger partial charge in [-0.3, -0.25) is 14.7 Å². The molecule has 2 aromatic carbocycles. The van der Waals surface area contributed by atoms with Gasteiger partial charge in [-0.15, -0.1) is 0 Å². The van der Waals surface area contributed by atoms with E-state index in [1.54, 1.807) is 6.07 Å². The van der Waals surface area contributed by atoms with E-state index in [4.69, 9.17) is 23.2 Å². The van der Waals surface area contributed by atoms with Gasteiger partial charge >= 0.3 is 0 Å². The maximum atomic E-state index is 12.2. The van der Waals surface area contributed by atoms with Crippen molar-refractivity contribution in [3.8, 4) is 0 Å². The van der Waals surface area contributed by atoms with Crippen molar-refractivity contribution in [2.45, 2.75) is 6.54 Å². The van der Waals surface area contributed by atoms with Gasteiger partial charge in [0.05, 0.1) is 10.6 Å². The molecule has 0 aliphatic heterocycles. The zero-order chi connectivity index (χ0) is 18.5. The highest BCUT2D eigenvalue weighted by molar-refractivity contribution is 6.37. The average molecular weight is 389 g/mol. The molecule has 3 N–H and O–H groups in total. The Balaban J connectivity index is 1.62. The Bertz CT molecular complexity index is 941. The van der Waals surface area contributed by atoms with Gasteiger partial charge in [0.15, 0.2) is 5.69 Å². The summed E-state index contributed by atoms with van der Waals surface area (Å²) in [7, 11) is 0. The molecule has 0 atom stereocenters. The number of H-pyrrole nitrogens is 1. The van der Waals surface area contributed by atoms with Gasteiger partial charge in [-0.2, -0.15) is 5.10 Å². The van der Waals surface area contributed by atoms with Crippen LogP contribution in [0.2, 0.25) is 10.0 Å². The van der Waals surface area contributed by atoms with Gasteiger partial charge in [-0.25, -0.2) is 0 Å². The van der Waals surface area contributed by atoms with Gasteiger partial charge in [0.2, 0.25) is 0 Å². The summed E-state index contributed by atoms with van der Waals surface area (Å²) in [5, 5.41) is 12.5. The number of aromatic nitrogens is 2. The molecule has 0 unspecified atom stereocenters. The summed E-state index contributed by atoms with van der Waals surface area (Å²) < 4.78 is 0. The second-order valence-corrected chi connectivity index (χ2v) is 6.26. The molecule has 0 spiro atoms. The van der Waals surface area contributed by atoms with Crippen LogP contribution in [0.1, 0.15) is 26.4 Å². The molecule has 0 saturated carbocycles. The minimum Gasteiger partial charge on any atom is -0.347 e. The van der Waals surface area contributed by atoms with Gasteiger partial charge in [0, 0.05) is 17.6 Å². The molecular formula is C18H14Cl2N4O2. The largest absolute Gasteiger partial charge is 0.347 e. The third kappa shape index (κ3) is 4.41. The van der Waals surface area contributed by atoms with E-state index >= 15 is 0 Å². The van der Waals surface area contributed by atoms with Crippen molar-refractivity contribution < 1.29 is 9.59 Å². The topological polar surface area (TPSA) is 86.9 Å². The van der Waals surface area contributed by atoms with Crippen LogP contribution >= 0.6 is 23.2 Å². The maximum absolute atomic E-state index is 12.2. The highest BCUT2D eigenvalue weighted by atomic mass is 35.5. The van der Waals surface area contributed by atoms with Crippen molar-refractivity contribution in [1.29, 1.82) is 0 Å². The molecule has 0 bridgehead atoms. The number of hydrogen-bond acceptors (Lipinski definition) is 3. The zero-order valence-electron chi connectivity index (χ0n) is 13.4. The van der Waals surface area contributed by atoms with Crippen LogP contribution in [-0.4, -0.2) is 22.0 Å². The summed E-state index contributed by atoms with van der Waals surface area (Å²) in [5.74, 6) is -0.507. The summed E-state index contributed by atoms with van der Waals surface area (Å²) in [6, 6.07) is 15.5. The smallest absolute Gasteiger partial charge is 0.272 e. The lowest BCUT2D eigenvalue weighted by atomic mass is 10.2. The number of carbonyl (C=O) groups is 2. The molecule has 0 fully saturated rings. The molecule has 132 valence electrons. The first-order valence-electron chi connectivity index (χ1n) is 7.67. The summed E-state index contributed by atoms with van der Waals surface area (Å²) >= 11 is 11.8. The monoisotopic (exact) mass is 388 g/mol. The molecule has 3 aromatic rings. The Labute approximate surface area is 159 Å². The summed E-state index contributed by atoms with van der Waals surface area (Å²) in [5.41, 5.74) is 1.40. The average Bonchev–Trinajstić information content (AvgIpc) is 3.09. The van der Waals surface area contributed by atoms with Gasteiger partial charge in [-0.05, 0) is 23.8 Å². The van der Waals surface area contributed by atoms with Crippen LogP contribution in [0.3, 0.4) is 0 Å². The molecule has 8 heteroatoms. The predicted octanol–water partition coefficient (Wildman–Crippen LogP) is 3.90. The lowest BCUT2D eigenvalue weighted by molar-refractivity contribution is 0.0945. The van der Waals surface area contributed by atoms with E-state index in [2.05, 4.69) is 20.8 Å². The Morgan fingerprint density at radius 3 is 2.50 bits per heavy atom. The van der Waals surface area contributed by atoms with Crippen molar-refractivity contribution >= 4 is 40.8 Å². The third-order valence-corrected chi connectivity index (χ3v) is 4.08. The van der Waals surface area contributed by atoms with Crippen LogP contribution in [0.5, 0.6) is 0 Å². The Hall–Kier alpha value is -2.83. The minimum absolute atomic E-state index is 0.165. The highest BCUT2D eigenvalue weighted by Crippen LogP contribution is 2.21. The van der Waals surface area contributed by atoms with Crippen LogP contribution in [0.4, 0.5) is 5.82 Å². The first-order chi connectivity index (χ1) is 12.5. The molecule has 0 aliphatic carbocycles. The number of halogens is 2. The standard InChI is InChI=1S/C18H14Cl2N4O2/c19-12-6-7-13(14(20)8-12)17(25)22-16-9-15(23-24-16)18(26)21-10-11-4-2-1-3-5-11/h1-9H,10H2,(H,21,26)(H2,22,23,24,25). The number of benzene rings is 2. The number of amides is 2. The summed E-state index contributed by atoms with van der Waals surface area (Å²) in [4.78, 5) is 24.4. The van der Waals surface area contributed by atoms with Gasteiger partial charge < -0.3 is 10.6 Å². The van der Waals surface area contributed by atoms with E-state index in [-0.39, 0.29) is 28.0 Å². The molecule has 6 nitrogen and oxygen atoms in total. The highest BCUT2D eigenvalue weighted by Gasteiger charge is 2.14. The van der Waals surface area contributed by atoms with Crippen molar-refractivity contribution in [3.05, 3.63) is 81.5 Å². The molecule has 3 rings (SSSR count). The Morgan fingerprint density at radius 1 is 1.00 bits per heavy atom. The van der Waals surface area contributed by atoms with Crippen LogP contribution < -0.4 is 10.6 Å². The van der Waals surface area contributed by atoms with Crippen LogP contribution in [0.15, 0.2) is 54.6 Å². The number of nitrogens with one attached hydrogen (secondary N) is 3. The lowest BCUT2D eigenvalue weighted by Gasteiger charge is -2.04. The minimum atomic E-state index is -0.438. The first kappa shape index (κ1) is 18.0. The predicted molar refractivity (Wildman–Crippen MR) is 101 cm³/mol. The van der Waals surface area contributed by atoms with Crippen molar-refractivity contribution in [2.24, 2.45) is 0 Å². The summed E-state index contributed by atoms with van der Waals surface area (Å²) in [6.45, 7) is 0.384. The van der Waals surface area contributed by atoms with Crippen molar-refractivity contribution in [1.82, 2.24) is 15.5 Å². The van der Waals surface area contributed by atoms with Crippen LogP contribution in [-0.2, 0) is 6.54 Å². The molecular weight excluding hydrogens is 375 g/mol. The maximum Gasteiger partial charge on any atom is 0.272 e. The quantitative estimate of drug-likeness (QED) is 0.619. The van der Waals surface area contributed by atoms with Gasteiger partial charge in [0.1, 0.15) is 5.82 Å². The molecule has 0 aliphatic rings. The fourth-order valence-corrected chi connectivity index (χ4v) is 2.73. The first-order valence-corrected chi connectivity index (χ1v) is 8.42. The second kappa shape index (κ2) is 8.03. The van der Waals surface area contributed by atoms with E-state index in [1.807, 2.05) is 30.3 Å². The number of rotatable bonds is 5. The number of carbonyl (C=O) groups excluding carboxylic acids is 2. The van der Waals surface area contributed by atoms with E-state index in [1.165, 1.54) is 18.2 Å². The van der Waals surface area contributed by atoms with E-state index in [0.717, 1.165) is 5.56 Å². The van der Waals surface area contributed by atoms with Gasteiger partial charge in [-0.1, -0.05) is 53.5 Å². The number of nitrogens with zero attached hydrogens (tertiary/aromatic N) is 1. The lowest BCUT2D eigenvalue weighted by Crippen LogP contribution is -2.23. The Morgan fingerprint density at radius 2 is 1.77 bits per heavy atom. The SMILES string of the molecule is O=C(NCc1ccccc1)c1cc(NC(=O)c2ccc(Cl)cc2Cl)[nH]n1. The van der Waals surface area contributed by atoms with E-state index < -0.39 is 5.91 Å². The Kier molecular flexibility index (Phi) is 5.55. The molecule has 2 amide bonds. The second-order valence-electron chi connectivity index (χ2n) is 5.41. The van der Waals surface area contributed by atoms with Crippen molar-refractivity contribution in [2.75, 3.05) is 5.32 Å². The molecule has 1 aromatic heterocycles. The van der Waals surface area contributed by atoms with Gasteiger partial charge in [0.25, 0.3) is 11.8 Å². The molecule has 1 heterocycles. The molecule has 0 saturated heterocycles. The van der Waals surface area contributed by atoms with Crippen molar-refractivity contribution in [3.63, 3.8) is 0 Å². The molecule has 26 heavy (non-hydrogen) atoms. The van der Waals surface area contributed by atoms with E-state index in [0.29, 0.717) is 11.6 Å². The van der Waals surface area contributed by atoms with Crippen LogP contribution in [0, 0.1) is 0 Å². The van der Waals surface area contributed by atoms with E-state index in [9.17, 15) is 9.59 Å². The number of hydrogen-bond donors (Lipinski definition) is 3. The van der Waals surface area contributed by atoms with Crippen LogP contribution in [0.25, 0.3) is 0 Å². The zero-order valence-corrected chi connectivity index (χ0v) is 14.9. The fraction of sp³-hybridized carbons (Fsp3) is 0.0556. The fourth-order valence-electron chi connectivity index (χ4n) is 2.23. The normalized spacial score (nSPS) is 10.4. The third-order valence-electron chi connectivity index (χ3n) is 3.53. The summed E-state index contributed by atoms with van der Waals surface area (Å²) in [6.07, 6.45) is 0. The number of anilines is 1.